The molecular weight excluding hydrogens is 500 g/mol. The zero-order chi connectivity index (χ0) is 28.8. The molecule has 4 saturated carbocycles. The van der Waals surface area contributed by atoms with Crippen molar-refractivity contribution in [3.8, 4) is 0 Å². The van der Waals surface area contributed by atoms with Crippen molar-refractivity contribution in [2.24, 2.45) is 68.9 Å². The molecule has 228 valence electrons. The maximum atomic E-state index is 6.31. The van der Waals surface area contributed by atoms with Gasteiger partial charge in [0.25, 0.3) is 6.02 Å². The largest absolute Gasteiger partial charge is 0.465 e. The van der Waals surface area contributed by atoms with Crippen molar-refractivity contribution in [1.82, 2.24) is 0 Å². The van der Waals surface area contributed by atoms with E-state index in [1.54, 1.807) is 0 Å². The molecule has 0 bridgehead atoms. The van der Waals surface area contributed by atoms with E-state index in [0.29, 0.717) is 22.8 Å². The summed E-state index contributed by atoms with van der Waals surface area (Å²) in [5.41, 5.74) is 10.3. The average molecular weight is 561 g/mol. The lowest BCUT2D eigenvalue weighted by Crippen LogP contribution is -2.54. The first kappa shape index (κ1) is 29.6. The number of hydrogen-bond acceptors (Lipinski definition) is 2. The Bertz CT molecular complexity index is 1050. The Morgan fingerprint density at radius 1 is 0.902 bits per heavy atom. The summed E-state index contributed by atoms with van der Waals surface area (Å²) in [7, 11) is 0. The van der Waals surface area contributed by atoms with Crippen molar-refractivity contribution in [1.29, 1.82) is 0 Å². The van der Waals surface area contributed by atoms with Crippen LogP contribution in [0.3, 0.4) is 0 Å². The fraction of sp³-hybridized carbons (Fsp3) is 0.816. The Hall–Kier alpha value is -1.51. The molecule has 2 N–H and O–H groups in total. The Balaban J connectivity index is 1.02. The molecule has 5 aliphatic carbocycles. The summed E-state index contributed by atoms with van der Waals surface area (Å²) in [4.78, 5) is 4.78. The molecule has 9 atom stereocenters. The molecule has 0 aliphatic heterocycles. The first-order chi connectivity index (χ1) is 19.7. The molecule has 0 aromatic heterocycles. The molecule has 5 aliphatic rings. The molecule has 1 aromatic rings. The van der Waals surface area contributed by atoms with Gasteiger partial charge >= 0.3 is 0 Å². The lowest BCUT2D eigenvalue weighted by molar-refractivity contribution is -0.123. The van der Waals surface area contributed by atoms with Gasteiger partial charge in [-0.2, -0.15) is 0 Å². The second-order valence-corrected chi connectivity index (χ2v) is 16.4. The minimum atomic E-state index is 0.243. The summed E-state index contributed by atoms with van der Waals surface area (Å²) in [6, 6.07) is 9.36. The first-order valence-corrected chi connectivity index (χ1v) is 17.7. The number of hydrogen-bond donors (Lipinski definition) is 1. The van der Waals surface area contributed by atoms with Gasteiger partial charge < -0.3 is 10.5 Å². The number of rotatable bonds is 8. The summed E-state index contributed by atoms with van der Waals surface area (Å²) in [6.45, 7) is 13.6. The molecule has 0 heterocycles. The second kappa shape index (κ2) is 11.9. The van der Waals surface area contributed by atoms with Gasteiger partial charge in [-0.15, -0.1) is 0 Å². The summed E-state index contributed by atoms with van der Waals surface area (Å²) < 4.78 is 6.13. The molecular formula is C38H60N2O. The highest BCUT2D eigenvalue weighted by molar-refractivity contribution is 5.71. The molecule has 9 unspecified atom stereocenters. The van der Waals surface area contributed by atoms with Crippen molar-refractivity contribution >= 4 is 6.02 Å². The predicted octanol–water partition coefficient (Wildman–Crippen LogP) is 9.22. The molecule has 0 saturated heterocycles. The highest BCUT2D eigenvalue weighted by atomic mass is 16.5. The monoisotopic (exact) mass is 560 g/mol. The van der Waals surface area contributed by atoms with Gasteiger partial charge in [-0.3, -0.25) is 0 Å². The fourth-order valence-electron chi connectivity index (χ4n) is 11.6. The summed E-state index contributed by atoms with van der Waals surface area (Å²) in [6.07, 6.45) is 19.2. The fourth-order valence-corrected chi connectivity index (χ4v) is 11.6. The molecule has 6 rings (SSSR count). The maximum absolute atomic E-state index is 6.31. The van der Waals surface area contributed by atoms with Crippen LogP contribution in [0.15, 0.2) is 29.3 Å². The number of fused-ring (bicyclic) bond motifs is 6. The van der Waals surface area contributed by atoms with Crippen LogP contribution in [0.2, 0.25) is 0 Å². The SMILES string of the molecule is CC(C)CCCC(C)C1CCC2C3CCC4CC(COC(N)=NC5Cc6ccccc6C5)CCC4(C)C3CCC12C. The van der Waals surface area contributed by atoms with Crippen molar-refractivity contribution in [2.45, 2.75) is 131 Å². The number of nitrogens with two attached hydrogens (primary N) is 1. The third-order valence-corrected chi connectivity index (χ3v) is 13.8. The normalized spacial score (nSPS) is 39.6. The van der Waals surface area contributed by atoms with Crippen LogP contribution in [0.1, 0.15) is 123 Å². The second-order valence-electron chi connectivity index (χ2n) is 16.4. The van der Waals surface area contributed by atoms with Gasteiger partial charge in [0, 0.05) is 0 Å². The van der Waals surface area contributed by atoms with Crippen LogP contribution in [0.25, 0.3) is 0 Å². The van der Waals surface area contributed by atoms with Gasteiger partial charge in [0.2, 0.25) is 0 Å². The van der Waals surface area contributed by atoms with E-state index in [1.165, 1.54) is 88.2 Å². The van der Waals surface area contributed by atoms with E-state index in [4.69, 9.17) is 15.5 Å². The highest BCUT2D eigenvalue weighted by Crippen LogP contribution is 2.68. The zero-order valence-corrected chi connectivity index (χ0v) is 27.0. The average Bonchev–Trinajstić information content (AvgIpc) is 3.51. The van der Waals surface area contributed by atoms with Crippen molar-refractivity contribution in [3.05, 3.63) is 35.4 Å². The molecule has 41 heavy (non-hydrogen) atoms. The van der Waals surface area contributed by atoms with Crippen molar-refractivity contribution < 1.29 is 4.74 Å². The van der Waals surface area contributed by atoms with E-state index in [0.717, 1.165) is 60.9 Å². The number of benzene rings is 1. The number of amidine groups is 1. The minimum absolute atomic E-state index is 0.243. The van der Waals surface area contributed by atoms with E-state index < -0.39 is 0 Å². The van der Waals surface area contributed by atoms with Crippen molar-refractivity contribution in [3.63, 3.8) is 0 Å². The molecule has 3 heteroatoms. The Labute approximate surface area is 251 Å². The first-order valence-electron chi connectivity index (χ1n) is 17.7. The van der Waals surface area contributed by atoms with Crippen LogP contribution in [0, 0.1) is 58.2 Å². The Kier molecular flexibility index (Phi) is 8.56. The standard InChI is InChI=1S/C38H60N2O/c1-25(2)9-8-10-26(3)33-15-16-34-32-14-13-30-21-27(17-19-37(30,4)35(32)18-20-38(33,34)5)24-41-36(39)40-31-22-28-11-6-7-12-29(28)23-31/h6-7,11-12,25-27,30-35H,8-10,13-24H2,1-5H3,(H2,39,40). The van der Waals surface area contributed by atoms with Crippen molar-refractivity contribution in [2.75, 3.05) is 6.61 Å². The van der Waals surface area contributed by atoms with Gasteiger partial charge in [-0.05, 0) is 140 Å². The molecule has 0 amide bonds. The van der Waals surface area contributed by atoms with E-state index in [2.05, 4.69) is 58.9 Å². The third kappa shape index (κ3) is 5.74. The van der Waals surface area contributed by atoms with Crippen LogP contribution < -0.4 is 5.73 Å². The third-order valence-electron chi connectivity index (χ3n) is 13.8. The Morgan fingerprint density at radius 2 is 1.61 bits per heavy atom. The number of ether oxygens (including phenoxy) is 1. The lowest BCUT2D eigenvalue weighted by atomic mass is 9.44. The molecule has 0 radical (unpaired) electrons. The van der Waals surface area contributed by atoms with E-state index in [9.17, 15) is 0 Å². The van der Waals surface area contributed by atoms with Gasteiger partial charge in [-0.1, -0.05) is 78.1 Å². The zero-order valence-electron chi connectivity index (χ0n) is 27.0. The summed E-state index contributed by atoms with van der Waals surface area (Å²) in [5.74, 6) is 7.13. The van der Waals surface area contributed by atoms with Crippen LogP contribution in [-0.2, 0) is 17.6 Å². The van der Waals surface area contributed by atoms with Crippen LogP contribution in [-0.4, -0.2) is 18.7 Å². The molecule has 3 nitrogen and oxygen atoms in total. The van der Waals surface area contributed by atoms with Gasteiger partial charge in [-0.25, -0.2) is 4.99 Å². The van der Waals surface area contributed by atoms with E-state index in [1.807, 2.05) is 0 Å². The number of aliphatic imine (C=N–C) groups is 1. The molecule has 0 spiro atoms. The van der Waals surface area contributed by atoms with Crippen LogP contribution >= 0.6 is 0 Å². The van der Waals surface area contributed by atoms with E-state index in [-0.39, 0.29) is 6.04 Å². The molecule has 1 aromatic carbocycles. The number of nitrogens with zero attached hydrogens (tertiary/aromatic N) is 1. The maximum Gasteiger partial charge on any atom is 0.282 e. The Morgan fingerprint density at radius 3 is 2.34 bits per heavy atom. The van der Waals surface area contributed by atoms with Crippen LogP contribution in [0.5, 0.6) is 0 Å². The summed E-state index contributed by atoms with van der Waals surface area (Å²) >= 11 is 0. The van der Waals surface area contributed by atoms with Gasteiger partial charge in [0.1, 0.15) is 0 Å². The quantitative estimate of drug-likeness (QED) is 0.254. The molecule has 4 fully saturated rings. The van der Waals surface area contributed by atoms with Gasteiger partial charge in [0.15, 0.2) is 0 Å². The van der Waals surface area contributed by atoms with E-state index >= 15 is 0 Å². The smallest absolute Gasteiger partial charge is 0.282 e. The van der Waals surface area contributed by atoms with Crippen LogP contribution in [0.4, 0.5) is 0 Å². The lowest BCUT2D eigenvalue weighted by Gasteiger charge is -2.61. The highest BCUT2D eigenvalue weighted by Gasteiger charge is 2.60. The minimum Gasteiger partial charge on any atom is -0.465 e. The topological polar surface area (TPSA) is 47.6 Å². The van der Waals surface area contributed by atoms with Gasteiger partial charge in [0.05, 0.1) is 12.6 Å². The summed E-state index contributed by atoms with van der Waals surface area (Å²) in [5, 5.41) is 0. The predicted molar refractivity (Wildman–Crippen MR) is 172 cm³/mol.